The Morgan fingerprint density at radius 1 is 1.17 bits per heavy atom. The summed E-state index contributed by atoms with van der Waals surface area (Å²) in [6, 6.07) is 8.36. The van der Waals surface area contributed by atoms with E-state index in [-0.39, 0.29) is 5.92 Å². The summed E-state index contributed by atoms with van der Waals surface area (Å²) in [6.07, 6.45) is 1.95. The minimum atomic E-state index is 0.279. The summed E-state index contributed by atoms with van der Waals surface area (Å²) in [7, 11) is 0. The second-order valence-corrected chi connectivity index (χ2v) is 3.81. The Labute approximate surface area is 71.4 Å². The molecule has 60 valence electrons. The lowest BCUT2D eigenvalue weighted by molar-refractivity contribution is -0.128. The molecule has 2 aliphatic carbocycles. The maximum atomic E-state index is 11.3. The van der Waals surface area contributed by atoms with E-state index in [1.807, 2.05) is 6.07 Å². The van der Waals surface area contributed by atoms with Crippen LogP contribution < -0.4 is 0 Å². The van der Waals surface area contributed by atoms with Crippen molar-refractivity contribution in [2.24, 2.45) is 5.92 Å². The molecule has 3 rings (SSSR count). The summed E-state index contributed by atoms with van der Waals surface area (Å²) in [6.45, 7) is 0. The molecule has 2 atom stereocenters. The molecule has 1 fully saturated rings. The van der Waals surface area contributed by atoms with Gasteiger partial charge in [0.15, 0.2) is 0 Å². The van der Waals surface area contributed by atoms with E-state index in [0.29, 0.717) is 11.7 Å². The van der Waals surface area contributed by atoms with E-state index in [9.17, 15) is 4.79 Å². The lowest BCUT2D eigenvalue weighted by Crippen LogP contribution is -2.31. The van der Waals surface area contributed by atoms with Crippen LogP contribution in [-0.2, 0) is 11.2 Å². The lowest BCUT2D eigenvalue weighted by atomic mass is 9.73. The van der Waals surface area contributed by atoms with E-state index in [0.717, 1.165) is 12.8 Å². The van der Waals surface area contributed by atoms with E-state index in [1.165, 1.54) is 11.1 Å². The van der Waals surface area contributed by atoms with Crippen molar-refractivity contribution in [1.82, 2.24) is 0 Å². The number of ketones is 1. The van der Waals surface area contributed by atoms with Gasteiger partial charge in [0, 0.05) is 12.3 Å². The highest BCUT2D eigenvalue weighted by Crippen LogP contribution is 2.48. The highest BCUT2D eigenvalue weighted by molar-refractivity contribution is 5.93. The van der Waals surface area contributed by atoms with Crippen molar-refractivity contribution in [3.05, 3.63) is 35.4 Å². The summed E-state index contributed by atoms with van der Waals surface area (Å²) < 4.78 is 0. The molecule has 1 nitrogen and oxygen atoms in total. The van der Waals surface area contributed by atoms with Gasteiger partial charge in [0.2, 0.25) is 0 Å². The van der Waals surface area contributed by atoms with Crippen LogP contribution in [0.2, 0.25) is 0 Å². The first-order chi connectivity index (χ1) is 5.86. The molecule has 0 N–H and O–H groups in total. The fraction of sp³-hybridized carbons (Fsp3) is 0.364. The van der Waals surface area contributed by atoms with Gasteiger partial charge in [0.25, 0.3) is 0 Å². The van der Waals surface area contributed by atoms with E-state index in [1.54, 1.807) is 0 Å². The minimum Gasteiger partial charge on any atom is -0.299 e. The third kappa shape index (κ3) is 0.619. The van der Waals surface area contributed by atoms with Crippen LogP contribution in [0.3, 0.4) is 0 Å². The summed E-state index contributed by atoms with van der Waals surface area (Å²) >= 11 is 0. The van der Waals surface area contributed by atoms with Crippen LogP contribution >= 0.6 is 0 Å². The molecule has 1 aromatic carbocycles. The number of fused-ring (bicyclic) bond motifs is 3. The van der Waals surface area contributed by atoms with Gasteiger partial charge in [-0.2, -0.15) is 0 Å². The largest absolute Gasteiger partial charge is 0.299 e. The molecule has 0 amide bonds. The molecule has 0 spiro atoms. The number of Topliss-reactive ketones (excluding diaryl/α,β-unsaturated/α-hetero) is 1. The maximum absolute atomic E-state index is 11.3. The van der Waals surface area contributed by atoms with Crippen LogP contribution in [0.25, 0.3) is 0 Å². The normalized spacial score (nSPS) is 30.8. The van der Waals surface area contributed by atoms with Crippen molar-refractivity contribution < 1.29 is 4.79 Å². The molecule has 0 heterocycles. The van der Waals surface area contributed by atoms with Gasteiger partial charge >= 0.3 is 0 Å². The maximum Gasteiger partial charge on any atom is 0.140 e. The van der Waals surface area contributed by atoms with Crippen molar-refractivity contribution in [2.75, 3.05) is 0 Å². The fourth-order valence-corrected chi connectivity index (χ4v) is 2.53. The summed E-state index contributed by atoms with van der Waals surface area (Å²) in [5.74, 6) is 1.38. The standard InChI is InChI=1S/C11H10O/c12-10-6-8-5-7-3-1-2-4-9(7)11(8)10/h1-4,8,11H,5-6H2/t8-,11+/m1/s1. The summed E-state index contributed by atoms with van der Waals surface area (Å²) in [5.41, 5.74) is 2.71. The van der Waals surface area contributed by atoms with Crippen LogP contribution in [0.15, 0.2) is 24.3 Å². The molecular weight excluding hydrogens is 148 g/mol. The zero-order valence-corrected chi connectivity index (χ0v) is 6.79. The molecule has 0 aromatic heterocycles. The Morgan fingerprint density at radius 3 is 2.83 bits per heavy atom. The molecule has 2 aliphatic rings. The monoisotopic (exact) mass is 158 g/mol. The summed E-state index contributed by atoms with van der Waals surface area (Å²) in [4.78, 5) is 11.3. The van der Waals surface area contributed by atoms with Crippen LogP contribution in [0.1, 0.15) is 23.5 Å². The molecule has 0 bridgehead atoms. The van der Waals surface area contributed by atoms with Crippen LogP contribution in [0.5, 0.6) is 0 Å². The first-order valence-electron chi connectivity index (χ1n) is 4.47. The van der Waals surface area contributed by atoms with E-state index in [4.69, 9.17) is 0 Å². The quantitative estimate of drug-likeness (QED) is 0.563. The van der Waals surface area contributed by atoms with Crippen molar-refractivity contribution >= 4 is 5.78 Å². The molecule has 1 aromatic rings. The Kier molecular flexibility index (Phi) is 1.06. The number of benzene rings is 1. The van der Waals surface area contributed by atoms with Crippen molar-refractivity contribution in [2.45, 2.75) is 18.8 Å². The Hall–Kier alpha value is -1.11. The second kappa shape index (κ2) is 1.98. The molecular formula is C11H10O. The highest BCUT2D eigenvalue weighted by Gasteiger charge is 2.45. The Bertz CT molecular complexity index is 354. The smallest absolute Gasteiger partial charge is 0.140 e. The van der Waals surface area contributed by atoms with Crippen LogP contribution in [0, 0.1) is 5.92 Å². The average Bonchev–Trinajstić information content (AvgIpc) is 2.35. The zero-order valence-electron chi connectivity index (χ0n) is 6.79. The van der Waals surface area contributed by atoms with Gasteiger partial charge in [-0.3, -0.25) is 4.79 Å². The van der Waals surface area contributed by atoms with Gasteiger partial charge in [0.05, 0.1) is 0 Å². The molecule has 0 unspecified atom stereocenters. The van der Waals surface area contributed by atoms with Gasteiger partial charge in [-0.25, -0.2) is 0 Å². The second-order valence-electron chi connectivity index (χ2n) is 3.81. The fourth-order valence-electron chi connectivity index (χ4n) is 2.53. The number of carbonyl (C=O) groups excluding carboxylic acids is 1. The molecule has 0 aliphatic heterocycles. The zero-order chi connectivity index (χ0) is 8.13. The van der Waals surface area contributed by atoms with E-state index < -0.39 is 0 Å². The lowest BCUT2D eigenvalue weighted by Gasteiger charge is -2.28. The summed E-state index contributed by atoms with van der Waals surface area (Å²) in [5, 5.41) is 0. The molecule has 1 saturated carbocycles. The first kappa shape index (κ1) is 6.41. The first-order valence-corrected chi connectivity index (χ1v) is 4.47. The number of hydrogen-bond acceptors (Lipinski definition) is 1. The Balaban J connectivity index is 2.14. The van der Waals surface area contributed by atoms with Crippen LogP contribution in [0.4, 0.5) is 0 Å². The molecule has 1 heteroatoms. The number of carbonyl (C=O) groups is 1. The van der Waals surface area contributed by atoms with Gasteiger partial charge in [-0.15, -0.1) is 0 Å². The van der Waals surface area contributed by atoms with Crippen molar-refractivity contribution in [3.8, 4) is 0 Å². The van der Waals surface area contributed by atoms with Gasteiger partial charge in [0.1, 0.15) is 5.78 Å². The van der Waals surface area contributed by atoms with Crippen molar-refractivity contribution in [3.63, 3.8) is 0 Å². The molecule has 0 radical (unpaired) electrons. The van der Waals surface area contributed by atoms with Crippen LogP contribution in [-0.4, -0.2) is 5.78 Å². The van der Waals surface area contributed by atoms with Gasteiger partial charge in [-0.1, -0.05) is 24.3 Å². The highest BCUT2D eigenvalue weighted by atomic mass is 16.1. The SMILES string of the molecule is O=C1C[C@H]2Cc3ccccc3[C@@H]12. The van der Waals surface area contributed by atoms with E-state index in [2.05, 4.69) is 18.2 Å². The Morgan fingerprint density at radius 2 is 2.00 bits per heavy atom. The average molecular weight is 158 g/mol. The van der Waals surface area contributed by atoms with Gasteiger partial charge < -0.3 is 0 Å². The predicted molar refractivity (Wildman–Crippen MR) is 46.0 cm³/mol. The number of rotatable bonds is 0. The van der Waals surface area contributed by atoms with Crippen molar-refractivity contribution in [1.29, 1.82) is 0 Å². The van der Waals surface area contributed by atoms with E-state index >= 15 is 0 Å². The molecule has 12 heavy (non-hydrogen) atoms. The van der Waals surface area contributed by atoms with Gasteiger partial charge in [-0.05, 0) is 23.5 Å². The molecule has 0 saturated heterocycles. The third-order valence-corrected chi connectivity index (χ3v) is 3.15. The minimum absolute atomic E-state index is 0.279. The number of hydrogen-bond donors (Lipinski definition) is 0. The predicted octanol–water partition coefficient (Wildman–Crippen LogP) is 1.92. The topological polar surface area (TPSA) is 17.1 Å². The third-order valence-electron chi connectivity index (χ3n) is 3.15.